The number of nitro benzene ring substituents is 1. The molecular weight excluding hydrogens is 274 g/mol. The lowest BCUT2D eigenvalue weighted by atomic mass is 10.0. The molecule has 0 aromatic heterocycles. The second kappa shape index (κ2) is 6.04. The number of carboxylic acid groups (broad SMARTS) is 1. The van der Waals surface area contributed by atoms with E-state index in [9.17, 15) is 14.9 Å². The van der Waals surface area contributed by atoms with Crippen LogP contribution in [0.4, 0.5) is 5.69 Å². The molecule has 0 amide bonds. The van der Waals surface area contributed by atoms with Crippen molar-refractivity contribution >= 4 is 11.7 Å². The highest BCUT2D eigenvalue weighted by atomic mass is 16.6. The summed E-state index contributed by atoms with van der Waals surface area (Å²) in [6.45, 7) is 2.40. The predicted octanol–water partition coefficient (Wildman–Crippen LogP) is 3.36. The van der Waals surface area contributed by atoms with Crippen molar-refractivity contribution in [3.05, 3.63) is 58.1 Å². The van der Waals surface area contributed by atoms with Gasteiger partial charge in [-0.05, 0) is 36.8 Å². The maximum absolute atomic E-state index is 11.1. The molecule has 2 aromatic rings. The highest BCUT2D eigenvalue weighted by Gasteiger charge is 2.18. The molecule has 0 unspecified atom stereocenters. The first-order chi connectivity index (χ1) is 10.0. The number of hydrogen-bond acceptors (Lipinski definition) is 4. The summed E-state index contributed by atoms with van der Waals surface area (Å²) in [5, 5.41) is 20.0. The molecule has 1 N–H and O–H groups in total. The van der Waals surface area contributed by atoms with Gasteiger partial charge in [-0.1, -0.05) is 12.1 Å². The summed E-state index contributed by atoms with van der Waals surface area (Å²) in [5.74, 6) is -0.526. The Labute approximate surface area is 120 Å². The van der Waals surface area contributed by atoms with Gasteiger partial charge in [0, 0.05) is 6.07 Å². The minimum absolute atomic E-state index is 0.114. The van der Waals surface area contributed by atoms with Crippen molar-refractivity contribution in [3.8, 4) is 16.9 Å². The van der Waals surface area contributed by atoms with Crippen LogP contribution >= 0.6 is 0 Å². The van der Waals surface area contributed by atoms with Gasteiger partial charge in [0.15, 0.2) is 0 Å². The van der Waals surface area contributed by atoms with Crippen LogP contribution in [0.1, 0.15) is 17.3 Å². The van der Waals surface area contributed by atoms with Gasteiger partial charge in [-0.15, -0.1) is 0 Å². The molecule has 0 aliphatic carbocycles. The molecule has 6 nitrogen and oxygen atoms in total. The Kier molecular flexibility index (Phi) is 4.18. The van der Waals surface area contributed by atoms with E-state index in [-0.39, 0.29) is 11.3 Å². The van der Waals surface area contributed by atoms with Gasteiger partial charge >= 0.3 is 5.97 Å². The van der Waals surface area contributed by atoms with E-state index in [1.54, 1.807) is 24.3 Å². The highest BCUT2D eigenvalue weighted by molar-refractivity contribution is 5.90. The number of benzene rings is 2. The van der Waals surface area contributed by atoms with Gasteiger partial charge in [-0.2, -0.15) is 0 Å². The molecule has 0 bridgehead atoms. The molecule has 0 saturated heterocycles. The number of rotatable bonds is 5. The van der Waals surface area contributed by atoms with E-state index in [0.717, 1.165) is 6.07 Å². The molecule has 0 atom stereocenters. The largest absolute Gasteiger partial charge is 0.494 e. The summed E-state index contributed by atoms with van der Waals surface area (Å²) in [5.41, 5.74) is 0.644. The van der Waals surface area contributed by atoms with Gasteiger partial charge in [-0.3, -0.25) is 10.1 Å². The number of nitrogens with zero attached hydrogens (tertiary/aromatic N) is 1. The van der Waals surface area contributed by atoms with Crippen LogP contribution in [0.2, 0.25) is 0 Å². The van der Waals surface area contributed by atoms with Crippen LogP contribution in [-0.2, 0) is 0 Å². The monoisotopic (exact) mass is 287 g/mol. The first-order valence-corrected chi connectivity index (χ1v) is 6.28. The highest BCUT2D eigenvalue weighted by Crippen LogP contribution is 2.31. The average molecular weight is 287 g/mol. The zero-order valence-electron chi connectivity index (χ0n) is 11.3. The summed E-state index contributed by atoms with van der Waals surface area (Å²) in [6.07, 6.45) is 0. The molecule has 0 spiro atoms. The maximum Gasteiger partial charge on any atom is 0.335 e. The first-order valence-electron chi connectivity index (χ1n) is 6.28. The minimum Gasteiger partial charge on any atom is -0.494 e. The van der Waals surface area contributed by atoms with Gasteiger partial charge in [-0.25, -0.2) is 4.79 Å². The fraction of sp³-hybridized carbons (Fsp3) is 0.133. The van der Waals surface area contributed by atoms with E-state index >= 15 is 0 Å². The van der Waals surface area contributed by atoms with Crippen LogP contribution in [0.5, 0.6) is 5.75 Å². The maximum atomic E-state index is 11.1. The fourth-order valence-corrected chi connectivity index (χ4v) is 1.96. The first kappa shape index (κ1) is 14.5. The van der Waals surface area contributed by atoms with Gasteiger partial charge in [0.25, 0.3) is 5.69 Å². The third-order valence-corrected chi connectivity index (χ3v) is 2.92. The zero-order chi connectivity index (χ0) is 15.4. The molecule has 0 aliphatic rings. The summed E-state index contributed by atoms with van der Waals surface area (Å²) in [6, 6.07) is 10.7. The van der Waals surface area contributed by atoms with Crippen LogP contribution in [0, 0.1) is 10.1 Å². The van der Waals surface area contributed by atoms with Crippen LogP contribution in [0.3, 0.4) is 0 Å². The second-order valence-corrected chi connectivity index (χ2v) is 4.25. The van der Waals surface area contributed by atoms with Crippen LogP contribution in [-0.4, -0.2) is 22.6 Å². The Bertz CT molecular complexity index is 679. The molecule has 0 radical (unpaired) electrons. The number of carbonyl (C=O) groups is 1. The molecule has 0 heterocycles. The van der Waals surface area contributed by atoms with Crippen molar-refractivity contribution in [3.63, 3.8) is 0 Å². The second-order valence-electron chi connectivity index (χ2n) is 4.25. The molecular formula is C15H13NO5. The van der Waals surface area contributed by atoms with Crippen molar-refractivity contribution in [1.82, 2.24) is 0 Å². The molecule has 2 rings (SSSR count). The number of hydrogen-bond donors (Lipinski definition) is 1. The average Bonchev–Trinajstić information content (AvgIpc) is 2.47. The van der Waals surface area contributed by atoms with Crippen molar-refractivity contribution in [2.75, 3.05) is 6.61 Å². The van der Waals surface area contributed by atoms with E-state index in [1.165, 1.54) is 12.1 Å². The molecule has 0 fully saturated rings. The molecule has 2 aromatic carbocycles. The van der Waals surface area contributed by atoms with Crippen molar-refractivity contribution < 1.29 is 19.6 Å². The molecule has 6 heteroatoms. The summed E-state index contributed by atoms with van der Waals surface area (Å²) < 4.78 is 5.31. The SMILES string of the molecule is CCOc1ccc(-c2ccc(C(=O)O)cc2[N+](=O)[O-])cc1. The van der Waals surface area contributed by atoms with E-state index in [1.807, 2.05) is 6.92 Å². The number of nitro groups is 1. The Morgan fingerprint density at radius 2 is 1.90 bits per heavy atom. The molecule has 21 heavy (non-hydrogen) atoms. The third kappa shape index (κ3) is 3.17. The summed E-state index contributed by atoms with van der Waals surface area (Å²) in [7, 11) is 0. The fourth-order valence-electron chi connectivity index (χ4n) is 1.96. The van der Waals surface area contributed by atoms with Crippen LogP contribution < -0.4 is 4.74 Å². The minimum atomic E-state index is -1.20. The summed E-state index contributed by atoms with van der Waals surface area (Å²) >= 11 is 0. The van der Waals surface area contributed by atoms with Crippen LogP contribution in [0.25, 0.3) is 11.1 Å². The topological polar surface area (TPSA) is 89.7 Å². The quantitative estimate of drug-likeness (QED) is 0.672. The third-order valence-electron chi connectivity index (χ3n) is 2.92. The lowest BCUT2D eigenvalue weighted by Gasteiger charge is -2.06. The smallest absolute Gasteiger partial charge is 0.335 e. The molecule has 108 valence electrons. The van der Waals surface area contributed by atoms with Crippen LogP contribution in [0.15, 0.2) is 42.5 Å². The number of aromatic carboxylic acids is 1. The Hall–Kier alpha value is -2.89. The Balaban J connectivity index is 2.47. The van der Waals surface area contributed by atoms with E-state index in [0.29, 0.717) is 23.5 Å². The normalized spacial score (nSPS) is 10.1. The zero-order valence-corrected chi connectivity index (χ0v) is 11.3. The number of carboxylic acids is 1. The van der Waals surface area contributed by atoms with Gasteiger partial charge in [0.05, 0.1) is 22.7 Å². The summed E-state index contributed by atoms with van der Waals surface area (Å²) in [4.78, 5) is 21.4. The standard InChI is InChI=1S/C15H13NO5/c1-2-21-12-6-3-10(4-7-12)13-8-5-11(15(17)18)9-14(13)16(19)20/h3-9H,2H2,1H3,(H,17,18). The van der Waals surface area contributed by atoms with E-state index in [2.05, 4.69) is 0 Å². The lowest BCUT2D eigenvalue weighted by Crippen LogP contribution is -1.99. The van der Waals surface area contributed by atoms with E-state index in [4.69, 9.17) is 9.84 Å². The van der Waals surface area contributed by atoms with Crippen molar-refractivity contribution in [2.45, 2.75) is 6.92 Å². The van der Waals surface area contributed by atoms with Crippen molar-refractivity contribution in [2.24, 2.45) is 0 Å². The van der Waals surface area contributed by atoms with Gasteiger partial charge in [0.2, 0.25) is 0 Å². The number of ether oxygens (including phenoxy) is 1. The molecule has 0 aliphatic heterocycles. The van der Waals surface area contributed by atoms with Gasteiger partial charge < -0.3 is 9.84 Å². The van der Waals surface area contributed by atoms with Gasteiger partial charge in [0.1, 0.15) is 5.75 Å². The lowest BCUT2D eigenvalue weighted by molar-refractivity contribution is -0.384. The van der Waals surface area contributed by atoms with E-state index < -0.39 is 10.9 Å². The van der Waals surface area contributed by atoms with Crippen molar-refractivity contribution in [1.29, 1.82) is 0 Å². The Morgan fingerprint density at radius 3 is 2.43 bits per heavy atom. The predicted molar refractivity (Wildman–Crippen MR) is 76.7 cm³/mol. The molecule has 0 saturated carbocycles. The Morgan fingerprint density at radius 1 is 1.24 bits per heavy atom.